The van der Waals surface area contributed by atoms with Crippen molar-refractivity contribution in [1.29, 1.82) is 0 Å². The zero-order valence-corrected chi connectivity index (χ0v) is 62.3. The molecule has 11 bridgehead atoms. The summed E-state index contributed by atoms with van der Waals surface area (Å²) < 4.78 is 52.3. The summed E-state index contributed by atoms with van der Waals surface area (Å²) in [6.07, 6.45) is -14.9. The van der Waals surface area contributed by atoms with Gasteiger partial charge in [-0.1, -0.05) is 87.7 Å². The normalized spacial score (nSPS) is 31.7. The molecule has 0 spiro atoms. The summed E-state index contributed by atoms with van der Waals surface area (Å²) in [5, 5.41) is 119. The molecule has 0 aliphatic carbocycles. The number of rotatable bonds is 19. The van der Waals surface area contributed by atoms with Gasteiger partial charge >= 0.3 is 0 Å². The van der Waals surface area contributed by atoms with E-state index < -0.39 is 222 Å². The molecule has 7 amide bonds. The molecule has 34 nitrogen and oxygen atoms in total. The van der Waals surface area contributed by atoms with Crippen molar-refractivity contribution in [3.63, 3.8) is 0 Å². The average Bonchev–Trinajstić information content (AvgIpc) is 1.39. The van der Waals surface area contributed by atoms with Crippen LogP contribution >= 0.6 is 11.6 Å². The number of carbonyl (C=O) groups excluding carboxylic acids is 7. The molecule has 21 atom stereocenters. The number of phenols is 3. The van der Waals surface area contributed by atoms with Gasteiger partial charge in [0.25, 0.3) is 0 Å². The Labute approximate surface area is 643 Å². The molecule has 23 N–H and O–H groups in total. The molecule has 0 unspecified atom stereocenters. The van der Waals surface area contributed by atoms with Crippen LogP contribution in [0.25, 0.3) is 11.1 Å². The monoisotopic (exact) mass is 1570 g/mol. The molecule has 5 aromatic carbocycles. The predicted octanol–water partition coefficient (Wildman–Crippen LogP) is 2.07. The highest BCUT2D eigenvalue weighted by atomic mass is 35.5. The summed E-state index contributed by atoms with van der Waals surface area (Å²) in [6.45, 7) is 7.31. The second kappa shape index (κ2) is 34.9. The maximum absolute atomic E-state index is 16.3. The van der Waals surface area contributed by atoms with Gasteiger partial charge in [-0.3, -0.25) is 33.6 Å². The van der Waals surface area contributed by atoms with E-state index >= 15 is 24.0 Å². The summed E-state index contributed by atoms with van der Waals surface area (Å²) in [4.78, 5) is 106. The van der Waals surface area contributed by atoms with Crippen molar-refractivity contribution in [3.05, 3.63) is 118 Å². The van der Waals surface area contributed by atoms with Gasteiger partial charge in [0.05, 0.1) is 42.5 Å². The molecule has 7 heterocycles. The number of ether oxygens (including phenoxy) is 8. The van der Waals surface area contributed by atoms with Crippen molar-refractivity contribution >= 4 is 53.0 Å². The topological polar surface area (TPSA) is 552 Å². The second-order valence-electron chi connectivity index (χ2n) is 29.6. The van der Waals surface area contributed by atoms with Crippen molar-refractivity contribution < 1.29 is 117 Å². The molecule has 3 fully saturated rings. The molecule has 35 heteroatoms. The number of halogens is 1. The minimum Gasteiger partial charge on any atom is -0.508 e. The minimum atomic E-state index is -2.26. The average molecular weight is 1570 g/mol. The maximum Gasteiger partial charge on any atom is 0.248 e. The molecule has 0 saturated carbocycles. The fourth-order valence-electron chi connectivity index (χ4n) is 14.6. The van der Waals surface area contributed by atoms with E-state index in [1.807, 2.05) is 0 Å². The van der Waals surface area contributed by atoms with E-state index in [0.717, 1.165) is 74.9 Å². The van der Waals surface area contributed by atoms with Crippen molar-refractivity contribution in [2.24, 2.45) is 22.9 Å². The first-order chi connectivity index (χ1) is 52.6. The number of nitrogens with one attached hydrogen (secondary N) is 6. The van der Waals surface area contributed by atoms with Crippen LogP contribution in [0.3, 0.4) is 0 Å². The van der Waals surface area contributed by atoms with Gasteiger partial charge in [-0.25, -0.2) is 0 Å². The van der Waals surface area contributed by atoms with E-state index in [4.69, 9.17) is 72.4 Å². The molecule has 5 aromatic rings. The van der Waals surface area contributed by atoms with Gasteiger partial charge in [0.1, 0.15) is 95.5 Å². The van der Waals surface area contributed by atoms with Gasteiger partial charge in [0, 0.05) is 47.7 Å². The Bertz CT molecular complexity index is 4270. The number of nitrogens with two attached hydrogens (primary N) is 4. The first-order valence-corrected chi connectivity index (χ1v) is 37.2. The maximum atomic E-state index is 16.3. The Morgan fingerprint density at radius 1 is 0.640 bits per heavy atom. The molecule has 0 aromatic heterocycles. The lowest BCUT2D eigenvalue weighted by molar-refractivity contribution is -0.333. The van der Waals surface area contributed by atoms with Gasteiger partial charge in [0.2, 0.25) is 53.4 Å². The second-order valence-corrected chi connectivity index (χ2v) is 30.0. The summed E-state index contributed by atoms with van der Waals surface area (Å²) in [7, 11) is 0. The lowest BCUT2D eigenvalue weighted by Crippen LogP contribution is -2.64. The third-order valence-electron chi connectivity index (χ3n) is 20.8. The number of primary amides is 1. The zero-order valence-electron chi connectivity index (χ0n) is 61.6. The Hall–Kier alpha value is -9.08. The summed E-state index contributed by atoms with van der Waals surface area (Å²) >= 11 is 7.03. The van der Waals surface area contributed by atoms with Gasteiger partial charge in [0.15, 0.2) is 30.2 Å². The van der Waals surface area contributed by atoms with Crippen molar-refractivity contribution in [3.8, 4) is 57.1 Å². The molecule has 12 rings (SSSR count). The van der Waals surface area contributed by atoms with E-state index in [2.05, 4.69) is 38.8 Å². The highest BCUT2D eigenvalue weighted by Gasteiger charge is 2.52. The number of hydrogen-bond donors (Lipinski definition) is 19. The number of aliphatic hydroxyl groups is 6. The fourth-order valence-corrected chi connectivity index (χ4v) is 14.9. The van der Waals surface area contributed by atoms with Crippen molar-refractivity contribution in [2.75, 3.05) is 13.2 Å². The van der Waals surface area contributed by atoms with E-state index in [1.165, 1.54) is 76.2 Å². The highest BCUT2D eigenvalue weighted by Crippen LogP contribution is 2.50. The number of aromatic hydroxyl groups is 3. The van der Waals surface area contributed by atoms with E-state index in [-0.39, 0.29) is 69.3 Å². The third-order valence-corrected chi connectivity index (χ3v) is 21.1. The molecule has 111 heavy (non-hydrogen) atoms. The Morgan fingerprint density at radius 2 is 1.26 bits per heavy atom. The summed E-state index contributed by atoms with van der Waals surface area (Å²) in [6, 6.07) is 4.39. The largest absolute Gasteiger partial charge is 0.508 e. The van der Waals surface area contributed by atoms with Crippen LogP contribution in [0.2, 0.25) is 5.02 Å². The first-order valence-electron chi connectivity index (χ1n) is 36.8. The highest BCUT2D eigenvalue weighted by molar-refractivity contribution is 6.32. The van der Waals surface area contributed by atoms with Crippen LogP contribution in [0, 0.1) is 0 Å². The van der Waals surface area contributed by atoms with Crippen molar-refractivity contribution in [2.45, 2.75) is 232 Å². The molecular weight excluding hydrogens is 1470 g/mol. The molecule has 7 aliphatic heterocycles. The van der Waals surface area contributed by atoms with E-state index in [9.17, 15) is 55.5 Å². The Kier molecular flexibility index (Phi) is 26.1. The smallest absolute Gasteiger partial charge is 0.248 e. The zero-order chi connectivity index (χ0) is 80.2. The van der Waals surface area contributed by atoms with Crippen LogP contribution in [0.5, 0.6) is 46.0 Å². The van der Waals surface area contributed by atoms with Crippen LogP contribution in [-0.2, 0) is 57.2 Å². The third kappa shape index (κ3) is 18.7. The number of benzene rings is 5. The van der Waals surface area contributed by atoms with Gasteiger partial charge < -0.3 is 139 Å². The van der Waals surface area contributed by atoms with Gasteiger partial charge in [-0.05, 0) is 117 Å². The number of fused-ring (bicyclic) bond motifs is 19. The SMILES string of the molecule is CCCCCCCCCCNC(=O)[C@H]1NC(=O)[C@H]2NC(=O)[C@H](NC(=O)[C@@H]3NC(=O)[C@H](CC(N)=O)NC(=O)[C@H](N)[C@H](O)c4ccc(c(Cl)c4)Oc4cc3cc(c4O[C@@H]3O[C@@H](CO)[C@H](O)[C@@H](O)[C@@H]3O[C@H]3C[C@@](C)(N)[C@@H](O)[C@@H](C)O3)Oc3cccc(c3)[C@H]2O[C@H]2C[C@@](C)(N)[C@@H](O)[C@@H](C)O2)c2ccc(O)c(c2)-c2c(O)cc(O)cc21. The molecular formula is C76H97ClN10O24. The first kappa shape index (κ1) is 82.9. The summed E-state index contributed by atoms with van der Waals surface area (Å²) in [5.41, 5.74) is 20.7. The predicted molar refractivity (Wildman–Crippen MR) is 392 cm³/mol. The number of unbranched alkanes of at least 4 members (excludes halogenated alkanes) is 7. The minimum absolute atomic E-state index is 0.0568. The molecule has 7 aliphatic rings. The van der Waals surface area contributed by atoms with Crippen LogP contribution in [0.4, 0.5) is 0 Å². The van der Waals surface area contributed by atoms with Crippen LogP contribution in [-0.4, -0.2) is 197 Å². The number of carbonyl (C=O) groups is 7. The molecule has 602 valence electrons. The van der Waals surface area contributed by atoms with Gasteiger partial charge in [-0.15, -0.1) is 0 Å². The number of phenolic OH excluding ortho intramolecular Hbond substituents is 3. The van der Waals surface area contributed by atoms with E-state index in [0.29, 0.717) is 12.8 Å². The lowest BCUT2D eigenvalue weighted by Gasteiger charge is -2.47. The molecule has 3 saturated heterocycles. The number of hydrogen-bond acceptors (Lipinski definition) is 27. The Morgan fingerprint density at radius 3 is 1.91 bits per heavy atom. The van der Waals surface area contributed by atoms with Gasteiger partial charge in [-0.2, -0.15) is 0 Å². The fraction of sp³-hybridized carbons (Fsp3) is 0.513. The number of aliphatic hydroxyl groups excluding tert-OH is 6. The Balaban J connectivity index is 1.16. The van der Waals surface area contributed by atoms with Crippen LogP contribution in [0.1, 0.15) is 163 Å². The number of amides is 7. The van der Waals surface area contributed by atoms with Crippen molar-refractivity contribution in [1.82, 2.24) is 31.9 Å². The standard InChI is InChI=1S/C76H97ClN10O24/c1-6-7-8-9-10-11-12-13-21-82-70(100)58-42-27-39(89)28-46(91)54(42)41-23-35(17-19-45(41)90)56-71(101)87-59(73(103)86-58)63(109-52-30-75(4,80)66(96)33(2)104-52)37-15-14-16-40(22-37)106-48-25-38-26-49(64(48)111-74-65(62(95)61(94)50(32-88)108-74)110-53-31-76(5,81)67(97)34(3)105-53)107-47-20-18-36(24-43(47)77)60(93)55(79)69(99)83-44(29-51(78)92)68(98)84-57(38)72(102)85-56/h14-20,22-28,33-34,44,50,52-53,55-63,65-67,74,88-91,93-97H,6-13,21,29-32,79-81H2,1-5H3,(H2,78,92)(H,82,100)(H,83,99)(H,84,98)(H,85,102)(H,86,103)(H,87,101)/t33-,34-,44+,50+,52+,53+,55-,56-,57-,58+,59+,60-,61+,62-,63-,65+,66+,67+,74+,75-,76-/m1/s1. The van der Waals surface area contributed by atoms with Crippen LogP contribution in [0.15, 0.2) is 84.9 Å². The van der Waals surface area contributed by atoms with Crippen LogP contribution < -0.4 is 69.0 Å². The lowest BCUT2D eigenvalue weighted by atomic mass is 9.86. The van der Waals surface area contributed by atoms with E-state index in [1.54, 1.807) is 0 Å². The molecule has 0 radical (unpaired) electrons. The summed E-state index contributed by atoms with van der Waals surface area (Å²) in [5.74, 6) is -12.7. The quantitative estimate of drug-likeness (QED) is 0.0526.